The zero-order valence-corrected chi connectivity index (χ0v) is 11.4. The molecule has 0 atom stereocenters. The van der Waals surface area contributed by atoms with Gasteiger partial charge in [-0.05, 0) is 12.1 Å². The van der Waals surface area contributed by atoms with Crippen molar-refractivity contribution in [3.8, 4) is 5.82 Å². The number of carbonyl (C=O) groups excluding carboxylic acids is 1. The maximum Gasteiger partial charge on any atom is 0.234 e. The highest BCUT2D eigenvalue weighted by Crippen LogP contribution is 2.10. The average Bonchev–Trinajstić information content (AvgIpc) is 2.88. The molecule has 3 heterocycles. The fourth-order valence-corrected chi connectivity index (χ4v) is 2.15. The molecule has 8 heteroatoms. The fourth-order valence-electron chi connectivity index (χ4n) is 2.04. The quantitative estimate of drug-likeness (QED) is 0.877. The maximum atomic E-state index is 11.3. The summed E-state index contributed by atoms with van der Waals surface area (Å²) in [5.74, 6) is 0.701. The second-order valence-corrected chi connectivity index (χ2v) is 4.99. The van der Waals surface area contributed by atoms with Gasteiger partial charge in [0.1, 0.15) is 0 Å². The van der Waals surface area contributed by atoms with E-state index in [-0.39, 0.29) is 5.91 Å². The van der Waals surface area contributed by atoms with Crippen molar-refractivity contribution in [3.63, 3.8) is 0 Å². The van der Waals surface area contributed by atoms with Crippen LogP contribution < -0.4 is 5.32 Å². The number of amides is 1. The molecule has 7 nitrogen and oxygen atoms in total. The Morgan fingerprint density at radius 1 is 1.40 bits per heavy atom. The van der Waals surface area contributed by atoms with Gasteiger partial charge in [-0.25, -0.2) is 9.67 Å². The Bertz CT molecular complexity index is 611. The van der Waals surface area contributed by atoms with Crippen LogP contribution >= 0.6 is 11.6 Å². The summed E-state index contributed by atoms with van der Waals surface area (Å²) in [4.78, 5) is 17.5. The molecule has 2 aromatic rings. The molecule has 1 fully saturated rings. The normalized spacial score (nSPS) is 16.1. The van der Waals surface area contributed by atoms with Crippen LogP contribution in [0.4, 0.5) is 0 Å². The molecule has 0 aliphatic carbocycles. The molecule has 1 aliphatic heterocycles. The molecule has 1 N–H and O–H groups in total. The van der Waals surface area contributed by atoms with E-state index < -0.39 is 0 Å². The third-order valence-corrected chi connectivity index (χ3v) is 3.21. The summed E-state index contributed by atoms with van der Waals surface area (Å²) < 4.78 is 1.59. The molecule has 104 valence electrons. The zero-order valence-electron chi connectivity index (χ0n) is 10.7. The van der Waals surface area contributed by atoms with Crippen molar-refractivity contribution < 1.29 is 4.79 Å². The standard InChI is InChI=1S/C12H13ClN6O/c13-9-1-2-11(15-5-9)19-7-10(16-17-19)6-18-4-3-14-12(20)8-18/h1-2,5,7H,3-4,6,8H2,(H,14,20). The Labute approximate surface area is 120 Å². The van der Waals surface area contributed by atoms with Crippen LogP contribution in [0, 0.1) is 0 Å². The van der Waals surface area contributed by atoms with Gasteiger partial charge in [0, 0.05) is 25.8 Å². The van der Waals surface area contributed by atoms with Gasteiger partial charge in [0.05, 0.1) is 23.5 Å². The molecule has 1 amide bonds. The second kappa shape index (κ2) is 5.56. The first-order valence-electron chi connectivity index (χ1n) is 6.23. The summed E-state index contributed by atoms with van der Waals surface area (Å²) in [7, 11) is 0. The van der Waals surface area contributed by atoms with Crippen molar-refractivity contribution >= 4 is 17.5 Å². The number of carbonyl (C=O) groups is 1. The lowest BCUT2D eigenvalue weighted by atomic mass is 10.3. The first-order valence-corrected chi connectivity index (χ1v) is 6.61. The number of halogens is 1. The van der Waals surface area contributed by atoms with Crippen LogP contribution in [0.3, 0.4) is 0 Å². The SMILES string of the molecule is O=C1CN(Cc2cn(-c3ccc(Cl)cn3)nn2)CCN1. The van der Waals surface area contributed by atoms with E-state index in [0.29, 0.717) is 30.5 Å². The third kappa shape index (κ3) is 2.94. The molecule has 0 radical (unpaired) electrons. The molecule has 1 saturated heterocycles. The summed E-state index contributed by atoms with van der Waals surface area (Å²) >= 11 is 5.79. The van der Waals surface area contributed by atoms with Crippen LogP contribution in [0.25, 0.3) is 5.82 Å². The van der Waals surface area contributed by atoms with Crippen molar-refractivity contribution in [2.45, 2.75) is 6.54 Å². The van der Waals surface area contributed by atoms with Gasteiger partial charge >= 0.3 is 0 Å². The van der Waals surface area contributed by atoms with Gasteiger partial charge < -0.3 is 5.32 Å². The van der Waals surface area contributed by atoms with E-state index >= 15 is 0 Å². The zero-order chi connectivity index (χ0) is 13.9. The number of rotatable bonds is 3. The molecule has 0 spiro atoms. The van der Waals surface area contributed by atoms with Crippen LogP contribution in [0.1, 0.15) is 5.69 Å². The highest BCUT2D eigenvalue weighted by atomic mass is 35.5. The molecular formula is C12H13ClN6O. The number of nitrogens with one attached hydrogen (secondary N) is 1. The van der Waals surface area contributed by atoms with Crippen LogP contribution in [-0.2, 0) is 11.3 Å². The largest absolute Gasteiger partial charge is 0.354 e. The number of piperazine rings is 1. The minimum absolute atomic E-state index is 0.0445. The van der Waals surface area contributed by atoms with Gasteiger partial charge in [-0.15, -0.1) is 5.10 Å². The smallest absolute Gasteiger partial charge is 0.234 e. The van der Waals surface area contributed by atoms with Crippen LogP contribution in [0.15, 0.2) is 24.5 Å². The second-order valence-electron chi connectivity index (χ2n) is 4.55. The lowest BCUT2D eigenvalue weighted by molar-refractivity contribution is -0.124. The molecule has 0 aromatic carbocycles. The molecule has 20 heavy (non-hydrogen) atoms. The van der Waals surface area contributed by atoms with Gasteiger partial charge in [0.15, 0.2) is 5.82 Å². The molecule has 1 aliphatic rings. The molecular weight excluding hydrogens is 280 g/mol. The van der Waals surface area contributed by atoms with E-state index in [1.807, 2.05) is 11.1 Å². The maximum absolute atomic E-state index is 11.3. The summed E-state index contributed by atoms with van der Waals surface area (Å²) in [5.41, 5.74) is 0.802. The van der Waals surface area contributed by atoms with E-state index in [0.717, 1.165) is 12.2 Å². The van der Waals surface area contributed by atoms with Crippen LogP contribution in [0.2, 0.25) is 5.02 Å². The molecule has 0 bridgehead atoms. The van der Waals surface area contributed by atoms with E-state index in [4.69, 9.17) is 11.6 Å². The summed E-state index contributed by atoms with van der Waals surface area (Å²) in [6.45, 7) is 2.48. The molecule has 3 rings (SSSR count). The van der Waals surface area contributed by atoms with Gasteiger partial charge in [-0.2, -0.15) is 0 Å². The number of pyridine rings is 1. The lowest BCUT2D eigenvalue weighted by Gasteiger charge is -2.25. The predicted octanol–water partition coefficient (Wildman–Crippen LogP) is 0.248. The highest BCUT2D eigenvalue weighted by Gasteiger charge is 2.17. The number of nitrogens with zero attached hydrogens (tertiary/aromatic N) is 5. The Hall–Kier alpha value is -1.99. The number of hydrogen-bond donors (Lipinski definition) is 1. The van der Waals surface area contributed by atoms with Crippen molar-refractivity contribution in [2.24, 2.45) is 0 Å². The summed E-state index contributed by atoms with van der Waals surface area (Å²) in [6, 6.07) is 3.52. The lowest BCUT2D eigenvalue weighted by Crippen LogP contribution is -2.47. The summed E-state index contributed by atoms with van der Waals surface area (Å²) in [6.07, 6.45) is 3.37. The molecule has 0 unspecified atom stereocenters. The monoisotopic (exact) mass is 292 g/mol. The van der Waals surface area contributed by atoms with Gasteiger partial charge in [-0.3, -0.25) is 9.69 Å². The summed E-state index contributed by atoms with van der Waals surface area (Å²) in [5, 5.41) is 11.5. The van der Waals surface area contributed by atoms with E-state index in [2.05, 4.69) is 20.6 Å². The van der Waals surface area contributed by atoms with Crippen LogP contribution in [0.5, 0.6) is 0 Å². The Morgan fingerprint density at radius 3 is 3.05 bits per heavy atom. The first-order chi connectivity index (χ1) is 9.70. The van der Waals surface area contributed by atoms with Crippen LogP contribution in [-0.4, -0.2) is 50.4 Å². The van der Waals surface area contributed by atoms with Gasteiger partial charge in [0.25, 0.3) is 0 Å². The van der Waals surface area contributed by atoms with E-state index in [9.17, 15) is 4.79 Å². The van der Waals surface area contributed by atoms with Gasteiger partial charge in [-0.1, -0.05) is 16.8 Å². The minimum atomic E-state index is 0.0445. The van der Waals surface area contributed by atoms with E-state index in [1.54, 1.807) is 23.0 Å². The van der Waals surface area contributed by atoms with Crippen molar-refractivity contribution in [1.29, 1.82) is 0 Å². The van der Waals surface area contributed by atoms with Crippen molar-refractivity contribution in [2.75, 3.05) is 19.6 Å². The highest BCUT2D eigenvalue weighted by molar-refractivity contribution is 6.30. The molecule has 0 saturated carbocycles. The van der Waals surface area contributed by atoms with Crippen molar-refractivity contribution in [1.82, 2.24) is 30.2 Å². The fraction of sp³-hybridized carbons (Fsp3) is 0.333. The molecule has 2 aromatic heterocycles. The third-order valence-electron chi connectivity index (χ3n) is 2.99. The number of hydrogen-bond acceptors (Lipinski definition) is 5. The average molecular weight is 293 g/mol. The minimum Gasteiger partial charge on any atom is -0.354 e. The van der Waals surface area contributed by atoms with Crippen molar-refractivity contribution in [3.05, 3.63) is 35.2 Å². The van der Waals surface area contributed by atoms with E-state index in [1.165, 1.54) is 0 Å². The first kappa shape index (κ1) is 13.0. The van der Waals surface area contributed by atoms with Gasteiger partial charge in [0.2, 0.25) is 5.91 Å². The Balaban J connectivity index is 1.70. The topological polar surface area (TPSA) is 75.9 Å². The Morgan fingerprint density at radius 2 is 2.30 bits per heavy atom. The Kier molecular flexibility index (Phi) is 3.62. The number of aromatic nitrogens is 4. The predicted molar refractivity (Wildman–Crippen MR) is 72.5 cm³/mol.